The van der Waals surface area contributed by atoms with E-state index in [1.807, 2.05) is 0 Å². The van der Waals surface area contributed by atoms with Gasteiger partial charge in [0.15, 0.2) is 5.96 Å². The Balaban J connectivity index is 0.00000280. The van der Waals surface area contributed by atoms with E-state index in [-0.39, 0.29) is 24.0 Å². The van der Waals surface area contributed by atoms with Gasteiger partial charge in [0.1, 0.15) is 5.75 Å². The lowest BCUT2D eigenvalue weighted by atomic mass is 9.98. The Morgan fingerprint density at radius 1 is 1.21 bits per heavy atom. The maximum absolute atomic E-state index is 5.41. The number of hydrogen-bond donors (Lipinski definition) is 1. The fourth-order valence-electron chi connectivity index (χ4n) is 3.83. The first-order chi connectivity index (χ1) is 13.3. The van der Waals surface area contributed by atoms with E-state index in [0.29, 0.717) is 5.92 Å². The summed E-state index contributed by atoms with van der Waals surface area (Å²) in [6.45, 7) is 11.0. The Morgan fingerprint density at radius 2 is 1.96 bits per heavy atom. The summed E-state index contributed by atoms with van der Waals surface area (Å²) in [5, 5.41) is 3.48. The number of nitrogens with zero attached hydrogens (tertiary/aromatic N) is 3. The van der Waals surface area contributed by atoms with E-state index in [4.69, 9.17) is 14.5 Å². The van der Waals surface area contributed by atoms with Crippen LogP contribution in [0.1, 0.15) is 31.2 Å². The molecule has 1 N–H and O–H groups in total. The second kappa shape index (κ2) is 12.5. The van der Waals surface area contributed by atoms with E-state index >= 15 is 0 Å². The summed E-state index contributed by atoms with van der Waals surface area (Å²) in [7, 11) is 1.71. The van der Waals surface area contributed by atoms with Crippen LogP contribution < -0.4 is 10.1 Å². The van der Waals surface area contributed by atoms with Crippen LogP contribution in [0.25, 0.3) is 0 Å². The minimum atomic E-state index is 0. The predicted octanol–water partition coefficient (Wildman–Crippen LogP) is 2.79. The zero-order valence-corrected chi connectivity index (χ0v) is 19.6. The summed E-state index contributed by atoms with van der Waals surface area (Å²) in [6, 6.07) is 8.50. The van der Waals surface area contributed by atoms with E-state index in [2.05, 4.69) is 46.3 Å². The number of aliphatic imine (C=N–C) groups is 1. The molecule has 158 valence electrons. The first-order valence-electron chi connectivity index (χ1n) is 10.3. The number of ether oxygens (including phenoxy) is 2. The highest BCUT2D eigenvalue weighted by Crippen LogP contribution is 2.28. The third kappa shape index (κ3) is 6.77. The lowest BCUT2D eigenvalue weighted by molar-refractivity contribution is 0.0377. The molecule has 0 aromatic heterocycles. The molecule has 0 aliphatic carbocycles. The molecule has 0 bridgehead atoms. The van der Waals surface area contributed by atoms with Gasteiger partial charge in [0.05, 0.1) is 20.3 Å². The van der Waals surface area contributed by atoms with Gasteiger partial charge < -0.3 is 19.7 Å². The minimum absolute atomic E-state index is 0. The second-order valence-corrected chi connectivity index (χ2v) is 7.25. The maximum atomic E-state index is 5.41. The molecule has 3 rings (SSSR count). The monoisotopic (exact) mass is 502 g/mol. The van der Waals surface area contributed by atoms with Crippen LogP contribution in [0, 0.1) is 0 Å². The molecule has 28 heavy (non-hydrogen) atoms. The molecule has 0 spiro atoms. The number of morpholine rings is 1. The van der Waals surface area contributed by atoms with Gasteiger partial charge in [-0.1, -0.05) is 12.1 Å². The summed E-state index contributed by atoms with van der Waals surface area (Å²) in [5.74, 6) is 2.55. The molecule has 0 radical (unpaired) electrons. The van der Waals surface area contributed by atoms with Gasteiger partial charge >= 0.3 is 0 Å². The van der Waals surface area contributed by atoms with E-state index in [1.165, 1.54) is 12.0 Å². The molecule has 2 heterocycles. The Labute approximate surface area is 186 Å². The van der Waals surface area contributed by atoms with Gasteiger partial charge in [-0.05, 0) is 37.5 Å². The molecule has 0 saturated carbocycles. The van der Waals surface area contributed by atoms with Gasteiger partial charge in [-0.3, -0.25) is 9.89 Å². The average Bonchev–Trinajstić information content (AvgIpc) is 3.21. The molecule has 1 unspecified atom stereocenters. The van der Waals surface area contributed by atoms with Crippen LogP contribution in [0.4, 0.5) is 0 Å². The predicted molar refractivity (Wildman–Crippen MR) is 125 cm³/mol. The topological polar surface area (TPSA) is 49.3 Å². The number of rotatable bonds is 7. The van der Waals surface area contributed by atoms with Crippen LogP contribution in [-0.4, -0.2) is 81.9 Å². The number of likely N-dealkylation sites (tertiary alicyclic amines) is 1. The molecule has 2 saturated heterocycles. The maximum Gasteiger partial charge on any atom is 0.193 e. The summed E-state index contributed by atoms with van der Waals surface area (Å²) < 4.78 is 10.7. The van der Waals surface area contributed by atoms with Crippen molar-refractivity contribution >= 4 is 29.9 Å². The molecule has 1 aromatic rings. The molecule has 1 atom stereocenters. The summed E-state index contributed by atoms with van der Waals surface area (Å²) >= 11 is 0. The molecule has 6 nitrogen and oxygen atoms in total. The summed E-state index contributed by atoms with van der Waals surface area (Å²) in [5.41, 5.74) is 1.39. The smallest absolute Gasteiger partial charge is 0.193 e. The fourth-order valence-corrected chi connectivity index (χ4v) is 3.83. The van der Waals surface area contributed by atoms with E-state index < -0.39 is 0 Å². The molecule has 2 aliphatic rings. The number of nitrogens with one attached hydrogen (secondary N) is 1. The van der Waals surface area contributed by atoms with Crippen LogP contribution in [0.15, 0.2) is 29.3 Å². The van der Waals surface area contributed by atoms with Gasteiger partial charge in [0.2, 0.25) is 0 Å². The van der Waals surface area contributed by atoms with Gasteiger partial charge in [-0.15, -0.1) is 24.0 Å². The number of hydrogen-bond acceptors (Lipinski definition) is 4. The van der Waals surface area contributed by atoms with Crippen molar-refractivity contribution in [3.8, 4) is 5.75 Å². The van der Waals surface area contributed by atoms with Gasteiger partial charge in [0.25, 0.3) is 0 Å². The van der Waals surface area contributed by atoms with Crippen LogP contribution in [0.3, 0.4) is 0 Å². The van der Waals surface area contributed by atoms with Crippen molar-refractivity contribution in [3.05, 3.63) is 29.8 Å². The Bertz CT molecular complexity index is 591. The molecule has 7 heteroatoms. The third-order valence-corrected chi connectivity index (χ3v) is 5.41. The highest BCUT2D eigenvalue weighted by molar-refractivity contribution is 14.0. The molecule has 1 aromatic carbocycles. The molecule has 0 amide bonds. The van der Waals surface area contributed by atoms with Crippen LogP contribution in [0.2, 0.25) is 0 Å². The first-order valence-corrected chi connectivity index (χ1v) is 10.3. The minimum Gasteiger partial charge on any atom is -0.497 e. The van der Waals surface area contributed by atoms with E-state index in [1.54, 1.807) is 7.11 Å². The highest BCUT2D eigenvalue weighted by Gasteiger charge is 2.26. The normalized spacial score (nSPS) is 20.7. The number of methoxy groups -OCH3 is 1. The third-order valence-electron chi connectivity index (χ3n) is 5.41. The second-order valence-electron chi connectivity index (χ2n) is 7.25. The van der Waals surface area contributed by atoms with Crippen molar-refractivity contribution in [3.63, 3.8) is 0 Å². The zero-order chi connectivity index (χ0) is 18.9. The number of guanidine groups is 1. The van der Waals surface area contributed by atoms with E-state index in [0.717, 1.165) is 77.2 Å². The lowest BCUT2D eigenvalue weighted by Crippen LogP contribution is -2.40. The summed E-state index contributed by atoms with van der Waals surface area (Å²) in [6.07, 6.45) is 2.27. The Hall–Kier alpha value is -1.06. The van der Waals surface area contributed by atoms with Crippen LogP contribution >= 0.6 is 24.0 Å². The summed E-state index contributed by atoms with van der Waals surface area (Å²) in [4.78, 5) is 9.77. The van der Waals surface area contributed by atoms with E-state index in [9.17, 15) is 0 Å². The van der Waals surface area contributed by atoms with Crippen molar-refractivity contribution in [2.75, 3.05) is 66.1 Å². The van der Waals surface area contributed by atoms with Crippen molar-refractivity contribution in [1.29, 1.82) is 0 Å². The van der Waals surface area contributed by atoms with Crippen molar-refractivity contribution in [2.24, 2.45) is 4.99 Å². The quantitative estimate of drug-likeness (QED) is 0.269. The SMILES string of the molecule is CCNC(=NCCCN1CCOCC1)N1CCC(c2ccc(OC)cc2)C1.I. The first kappa shape index (κ1) is 23.2. The Morgan fingerprint density at radius 3 is 2.64 bits per heavy atom. The van der Waals surface area contributed by atoms with Gasteiger partial charge in [-0.25, -0.2) is 0 Å². The number of halogens is 1. The molecular weight excluding hydrogens is 467 g/mol. The molecular formula is C21H35IN4O2. The fraction of sp³-hybridized carbons (Fsp3) is 0.667. The molecule has 2 aliphatic heterocycles. The largest absolute Gasteiger partial charge is 0.497 e. The number of benzene rings is 1. The molecule has 2 fully saturated rings. The average molecular weight is 502 g/mol. The van der Waals surface area contributed by atoms with Crippen molar-refractivity contribution in [1.82, 2.24) is 15.1 Å². The Kier molecular flexibility index (Phi) is 10.4. The van der Waals surface area contributed by atoms with Crippen molar-refractivity contribution < 1.29 is 9.47 Å². The lowest BCUT2D eigenvalue weighted by Gasteiger charge is -2.26. The standard InChI is InChI=1S/C21H34N4O2.HI/c1-3-22-21(23-10-4-11-24-13-15-27-16-14-24)25-12-9-19(17-25)18-5-7-20(26-2)8-6-18;/h5-8,19H,3-4,9-17H2,1-2H3,(H,22,23);1H. The van der Waals surface area contributed by atoms with Crippen LogP contribution in [-0.2, 0) is 4.74 Å². The van der Waals surface area contributed by atoms with Crippen molar-refractivity contribution in [2.45, 2.75) is 25.7 Å². The van der Waals surface area contributed by atoms with Gasteiger partial charge in [-0.2, -0.15) is 0 Å². The highest BCUT2D eigenvalue weighted by atomic mass is 127. The van der Waals surface area contributed by atoms with Crippen LogP contribution in [0.5, 0.6) is 5.75 Å². The van der Waals surface area contributed by atoms with Gasteiger partial charge in [0, 0.05) is 51.7 Å². The zero-order valence-electron chi connectivity index (χ0n) is 17.2.